The highest BCUT2D eigenvalue weighted by atomic mass is 35.5. The zero-order valence-electron chi connectivity index (χ0n) is 15.1. The van der Waals surface area contributed by atoms with Crippen LogP contribution in [0.3, 0.4) is 0 Å². The van der Waals surface area contributed by atoms with E-state index in [1.807, 2.05) is 0 Å². The molecule has 0 saturated heterocycles. The normalized spacial score (nSPS) is 11.6. The van der Waals surface area contributed by atoms with Crippen LogP contribution in [0, 0.1) is 0 Å². The Morgan fingerprint density at radius 3 is 2.20 bits per heavy atom. The molecule has 0 unspecified atom stereocenters. The van der Waals surface area contributed by atoms with E-state index in [9.17, 15) is 23.4 Å². The molecular formula is C21H13ClF3N3O2. The molecule has 2 N–H and O–H groups in total. The van der Waals surface area contributed by atoms with Gasteiger partial charge in [-0.15, -0.1) is 5.10 Å². The van der Waals surface area contributed by atoms with Gasteiger partial charge in [-0.25, -0.2) is 9.67 Å². The van der Waals surface area contributed by atoms with Crippen LogP contribution in [0.15, 0.2) is 66.7 Å². The summed E-state index contributed by atoms with van der Waals surface area (Å²) < 4.78 is 40.1. The third kappa shape index (κ3) is 3.57. The second-order valence-corrected chi connectivity index (χ2v) is 6.78. The molecule has 0 radical (unpaired) electrons. The Morgan fingerprint density at radius 2 is 1.53 bits per heavy atom. The van der Waals surface area contributed by atoms with Crippen LogP contribution in [0.5, 0.6) is 11.5 Å². The largest absolute Gasteiger partial charge is 0.507 e. The molecule has 0 bridgehead atoms. The van der Waals surface area contributed by atoms with Crippen LogP contribution < -0.4 is 0 Å². The van der Waals surface area contributed by atoms with Crippen molar-refractivity contribution in [1.82, 2.24) is 14.8 Å². The van der Waals surface area contributed by atoms with Crippen molar-refractivity contribution in [2.24, 2.45) is 0 Å². The van der Waals surface area contributed by atoms with Gasteiger partial charge in [-0.05, 0) is 42.5 Å². The van der Waals surface area contributed by atoms with Crippen molar-refractivity contribution in [2.45, 2.75) is 6.18 Å². The molecule has 9 heteroatoms. The number of nitrogens with zero attached hydrogens (tertiary/aromatic N) is 3. The van der Waals surface area contributed by atoms with Crippen LogP contribution in [0.25, 0.3) is 28.5 Å². The number of halogens is 4. The molecular weight excluding hydrogens is 419 g/mol. The number of aromatic nitrogens is 3. The summed E-state index contributed by atoms with van der Waals surface area (Å²) in [4.78, 5) is 4.37. The van der Waals surface area contributed by atoms with E-state index in [4.69, 9.17) is 11.6 Å². The minimum absolute atomic E-state index is 0.00507. The Kier molecular flexibility index (Phi) is 4.87. The number of benzene rings is 3. The van der Waals surface area contributed by atoms with Gasteiger partial charge in [0, 0.05) is 0 Å². The molecule has 0 spiro atoms. The van der Waals surface area contributed by atoms with E-state index in [1.165, 1.54) is 10.7 Å². The van der Waals surface area contributed by atoms with Gasteiger partial charge < -0.3 is 10.2 Å². The summed E-state index contributed by atoms with van der Waals surface area (Å²) in [5.41, 5.74) is -0.203. The molecule has 0 amide bonds. The first-order valence-corrected chi connectivity index (χ1v) is 9.04. The number of hydrogen-bond donors (Lipinski definition) is 2. The number of para-hydroxylation sites is 2. The van der Waals surface area contributed by atoms with E-state index in [1.54, 1.807) is 42.5 Å². The summed E-state index contributed by atoms with van der Waals surface area (Å²) in [7, 11) is 0. The molecule has 0 fully saturated rings. The average molecular weight is 432 g/mol. The van der Waals surface area contributed by atoms with Crippen molar-refractivity contribution in [3.05, 3.63) is 77.3 Å². The van der Waals surface area contributed by atoms with E-state index in [-0.39, 0.29) is 23.0 Å². The molecule has 0 aliphatic rings. The molecule has 4 rings (SSSR count). The number of alkyl halides is 3. The third-order valence-corrected chi connectivity index (χ3v) is 4.72. The maximum atomic E-state index is 12.9. The van der Waals surface area contributed by atoms with Crippen LogP contribution in [-0.4, -0.2) is 25.0 Å². The van der Waals surface area contributed by atoms with Crippen LogP contribution in [0.2, 0.25) is 5.02 Å². The van der Waals surface area contributed by atoms with Gasteiger partial charge in [-0.3, -0.25) is 0 Å². The van der Waals surface area contributed by atoms with Crippen molar-refractivity contribution in [1.29, 1.82) is 0 Å². The van der Waals surface area contributed by atoms with Crippen molar-refractivity contribution >= 4 is 11.6 Å². The van der Waals surface area contributed by atoms with E-state index in [2.05, 4.69) is 10.1 Å². The standard InChI is InChI=1S/C21H13ClF3N3O2/c22-15-6-2-3-7-16(15)28-20(14-5-1-4-8-17(14)29)26-19(27-28)13-10-9-12(11-18(13)30)21(23,24)25/h1-11,29-30H. The average Bonchev–Trinajstić information content (AvgIpc) is 3.12. The fraction of sp³-hybridized carbons (Fsp3) is 0.0476. The maximum Gasteiger partial charge on any atom is 0.416 e. The molecule has 0 atom stereocenters. The van der Waals surface area contributed by atoms with Crippen LogP contribution in [-0.2, 0) is 6.18 Å². The second kappa shape index (κ2) is 7.38. The quantitative estimate of drug-likeness (QED) is 0.437. The minimum atomic E-state index is -4.60. The van der Waals surface area contributed by atoms with E-state index in [0.717, 1.165) is 12.1 Å². The molecule has 152 valence electrons. The molecule has 0 saturated carbocycles. The Morgan fingerprint density at radius 1 is 0.833 bits per heavy atom. The molecule has 30 heavy (non-hydrogen) atoms. The Labute approximate surface area is 173 Å². The van der Waals surface area contributed by atoms with Crippen LogP contribution in [0.4, 0.5) is 13.2 Å². The predicted molar refractivity (Wildman–Crippen MR) is 106 cm³/mol. The second-order valence-electron chi connectivity index (χ2n) is 6.37. The smallest absolute Gasteiger partial charge is 0.416 e. The lowest BCUT2D eigenvalue weighted by molar-refractivity contribution is -0.137. The fourth-order valence-electron chi connectivity index (χ4n) is 2.95. The number of phenols is 2. The summed E-state index contributed by atoms with van der Waals surface area (Å²) in [6.45, 7) is 0. The van der Waals surface area contributed by atoms with Crippen molar-refractivity contribution in [3.63, 3.8) is 0 Å². The van der Waals surface area contributed by atoms with Gasteiger partial charge >= 0.3 is 6.18 Å². The highest BCUT2D eigenvalue weighted by molar-refractivity contribution is 6.32. The van der Waals surface area contributed by atoms with Crippen molar-refractivity contribution in [2.75, 3.05) is 0 Å². The predicted octanol–water partition coefficient (Wildman–Crippen LogP) is 5.68. The Balaban J connectivity index is 1.93. The number of phenolic OH excluding ortho intramolecular Hbond substituents is 2. The van der Waals surface area contributed by atoms with Gasteiger partial charge in [-0.2, -0.15) is 13.2 Å². The lowest BCUT2D eigenvalue weighted by atomic mass is 10.1. The van der Waals surface area contributed by atoms with Crippen molar-refractivity contribution in [3.8, 4) is 40.0 Å². The zero-order chi connectivity index (χ0) is 21.5. The lowest BCUT2D eigenvalue weighted by Crippen LogP contribution is -2.04. The van der Waals surface area contributed by atoms with Gasteiger partial charge in [0.05, 0.1) is 27.4 Å². The maximum absolute atomic E-state index is 12.9. The SMILES string of the molecule is Oc1cc(C(F)(F)F)ccc1-c1nc(-c2ccccc2O)n(-c2ccccc2Cl)n1. The molecule has 0 aliphatic heterocycles. The van der Waals surface area contributed by atoms with Gasteiger partial charge in [0.2, 0.25) is 0 Å². The van der Waals surface area contributed by atoms with Gasteiger partial charge in [-0.1, -0.05) is 35.9 Å². The lowest BCUT2D eigenvalue weighted by Gasteiger charge is -2.08. The zero-order valence-corrected chi connectivity index (χ0v) is 15.9. The van der Waals surface area contributed by atoms with E-state index >= 15 is 0 Å². The summed E-state index contributed by atoms with van der Waals surface area (Å²) in [6, 6.07) is 15.7. The Hall–Kier alpha value is -3.52. The van der Waals surface area contributed by atoms with Gasteiger partial charge in [0.15, 0.2) is 11.6 Å². The van der Waals surface area contributed by atoms with Crippen LogP contribution >= 0.6 is 11.6 Å². The first-order chi connectivity index (χ1) is 14.3. The molecule has 4 aromatic rings. The van der Waals surface area contributed by atoms with Crippen molar-refractivity contribution < 1.29 is 23.4 Å². The number of aromatic hydroxyl groups is 2. The molecule has 0 aliphatic carbocycles. The van der Waals surface area contributed by atoms with E-state index < -0.39 is 17.5 Å². The summed E-state index contributed by atoms with van der Waals surface area (Å²) in [5.74, 6) is -0.513. The minimum Gasteiger partial charge on any atom is -0.507 e. The highest BCUT2D eigenvalue weighted by Crippen LogP contribution is 2.38. The Bertz CT molecular complexity index is 1180. The van der Waals surface area contributed by atoms with Crippen LogP contribution in [0.1, 0.15) is 5.56 Å². The summed E-state index contributed by atoms with van der Waals surface area (Å²) in [5, 5.41) is 25.2. The van der Waals surface area contributed by atoms with Gasteiger partial charge in [0.25, 0.3) is 0 Å². The number of rotatable bonds is 3. The monoisotopic (exact) mass is 431 g/mol. The van der Waals surface area contributed by atoms with Gasteiger partial charge in [0.1, 0.15) is 11.5 Å². The van der Waals surface area contributed by atoms with E-state index in [0.29, 0.717) is 22.3 Å². The first kappa shape index (κ1) is 19.8. The third-order valence-electron chi connectivity index (χ3n) is 4.40. The summed E-state index contributed by atoms with van der Waals surface area (Å²) in [6.07, 6.45) is -4.60. The molecule has 3 aromatic carbocycles. The number of hydrogen-bond acceptors (Lipinski definition) is 4. The first-order valence-electron chi connectivity index (χ1n) is 8.66. The summed E-state index contributed by atoms with van der Waals surface area (Å²) >= 11 is 6.29. The topological polar surface area (TPSA) is 71.2 Å². The molecule has 1 aromatic heterocycles. The molecule has 1 heterocycles. The highest BCUT2D eigenvalue weighted by Gasteiger charge is 2.31. The fourth-order valence-corrected chi connectivity index (χ4v) is 3.17. The molecule has 5 nitrogen and oxygen atoms in total.